The first kappa shape index (κ1) is 15.7. The number of fused-ring (bicyclic) bond motifs is 1. The first-order valence-electron chi connectivity index (χ1n) is 9.06. The first-order valence-corrected chi connectivity index (χ1v) is 9.06. The van der Waals surface area contributed by atoms with Gasteiger partial charge in [-0.3, -0.25) is 0 Å². The molecule has 0 radical (unpaired) electrons. The lowest BCUT2D eigenvalue weighted by Crippen LogP contribution is -3.00. The summed E-state index contributed by atoms with van der Waals surface area (Å²) in [4.78, 5) is 0. The van der Waals surface area contributed by atoms with Gasteiger partial charge in [0.15, 0.2) is 0 Å². The predicted molar refractivity (Wildman–Crippen MR) is 91.5 cm³/mol. The molecule has 1 nitrogen and oxygen atoms in total. The summed E-state index contributed by atoms with van der Waals surface area (Å²) in [5.74, 6) is 1.99. The molecule has 3 fully saturated rings. The van der Waals surface area contributed by atoms with E-state index >= 15 is 0 Å². The van der Waals surface area contributed by atoms with Gasteiger partial charge in [-0.05, 0) is 30.5 Å². The van der Waals surface area contributed by atoms with Gasteiger partial charge in [-0.25, -0.2) is 0 Å². The van der Waals surface area contributed by atoms with E-state index in [-0.39, 0.29) is 17.0 Å². The lowest BCUT2D eigenvalue weighted by Gasteiger charge is -2.44. The summed E-state index contributed by atoms with van der Waals surface area (Å²) in [6.07, 6.45) is 5.93. The van der Waals surface area contributed by atoms with Crippen molar-refractivity contribution in [3.05, 3.63) is 48.0 Å². The maximum atomic E-state index is 2.64. The fraction of sp³-hybridized carbons (Fsp3) is 0.524. The monoisotopic (exact) mass is 371 g/mol. The normalized spacial score (nSPS) is 37.8. The number of quaternary nitrogens is 1. The quantitative estimate of drug-likeness (QED) is 0.705. The lowest BCUT2D eigenvalue weighted by molar-refractivity contribution is -0.965. The van der Waals surface area contributed by atoms with Crippen molar-refractivity contribution in [2.45, 2.75) is 44.7 Å². The predicted octanol–water partition coefficient (Wildman–Crippen LogP) is 1.75. The van der Waals surface area contributed by atoms with Gasteiger partial charge < -0.3 is 21.5 Å². The Balaban J connectivity index is 0.00000135. The second-order valence-electron chi connectivity index (χ2n) is 8.16. The second-order valence-corrected chi connectivity index (χ2v) is 8.16. The van der Waals surface area contributed by atoms with Crippen LogP contribution in [0.15, 0.2) is 42.5 Å². The summed E-state index contributed by atoms with van der Waals surface area (Å²) in [5.41, 5.74) is 2.16. The van der Waals surface area contributed by atoms with Crippen LogP contribution in [0.5, 0.6) is 0 Å². The molecule has 0 N–H and O–H groups in total. The zero-order valence-electron chi connectivity index (χ0n) is 14.0. The average molecular weight is 372 g/mol. The van der Waals surface area contributed by atoms with Crippen molar-refractivity contribution in [2.24, 2.45) is 11.8 Å². The van der Waals surface area contributed by atoms with Crippen molar-refractivity contribution in [2.75, 3.05) is 13.1 Å². The van der Waals surface area contributed by atoms with Crippen molar-refractivity contribution in [3.8, 4) is 0 Å². The van der Waals surface area contributed by atoms with Crippen molar-refractivity contribution in [1.29, 1.82) is 0 Å². The SMILES string of the molecule is CC12[C@@H]3CC[C@H]1CC[N+]2(Cc1cccc2ccccc12)CC3.[Br-]. The van der Waals surface area contributed by atoms with Gasteiger partial charge in [0.25, 0.3) is 0 Å². The average Bonchev–Trinajstić information content (AvgIpc) is 3.12. The highest BCUT2D eigenvalue weighted by Gasteiger charge is 2.67. The molecule has 23 heavy (non-hydrogen) atoms. The van der Waals surface area contributed by atoms with E-state index in [1.165, 1.54) is 60.6 Å². The lowest BCUT2D eigenvalue weighted by atomic mass is 9.83. The molecule has 2 saturated heterocycles. The van der Waals surface area contributed by atoms with Crippen molar-refractivity contribution in [3.63, 3.8) is 0 Å². The van der Waals surface area contributed by atoms with Gasteiger partial charge in [0.05, 0.1) is 13.1 Å². The van der Waals surface area contributed by atoms with Crippen LogP contribution in [0, 0.1) is 11.8 Å². The number of halogens is 1. The van der Waals surface area contributed by atoms with E-state index in [0.717, 1.165) is 11.8 Å². The van der Waals surface area contributed by atoms with Crippen LogP contribution in [0.25, 0.3) is 10.8 Å². The summed E-state index contributed by atoms with van der Waals surface area (Å²) in [7, 11) is 0. The van der Waals surface area contributed by atoms with Crippen LogP contribution in [0.1, 0.15) is 38.2 Å². The molecule has 1 aliphatic carbocycles. The third-order valence-corrected chi connectivity index (χ3v) is 7.70. The van der Waals surface area contributed by atoms with Gasteiger partial charge in [0.2, 0.25) is 0 Å². The van der Waals surface area contributed by atoms with E-state index < -0.39 is 0 Å². The first-order chi connectivity index (χ1) is 10.7. The Morgan fingerprint density at radius 2 is 1.57 bits per heavy atom. The van der Waals surface area contributed by atoms with E-state index in [9.17, 15) is 0 Å². The van der Waals surface area contributed by atoms with E-state index in [2.05, 4.69) is 49.4 Å². The highest BCUT2D eigenvalue weighted by atomic mass is 79.9. The second kappa shape index (κ2) is 5.32. The Morgan fingerprint density at radius 3 is 2.30 bits per heavy atom. The molecule has 0 bridgehead atoms. The molecule has 1 saturated carbocycles. The van der Waals surface area contributed by atoms with Gasteiger partial charge >= 0.3 is 0 Å². The molecule has 0 amide bonds. The summed E-state index contributed by atoms with van der Waals surface area (Å²) in [6.45, 7) is 6.73. The fourth-order valence-corrected chi connectivity index (χ4v) is 6.45. The molecule has 2 aromatic rings. The molecule has 0 aromatic heterocycles. The molecule has 4 atom stereocenters. The maximum Gasteiger partial charge on any atom is 0.105 e. The molecule has 5 rings (SSSR count). The van der Waals surface area contributed by atoms with Crippen LogP contribution >= 0.6 is 0 Å². The van der Waals surface area contributed by atoms with Gasteiger partial charge in [-0.15, -0.1) is 0 Å². The maximum absolute atomic E-state index is 2.64. The zero-order valence-corrected chi connectivity index (χ0v) is 15.6. The van der Waals surface area contributed by atoms with Gasteiger partial charge in [0.1, 0.15) is 12.1 Å². The summed E-state index contributed by atoms with van der Waals surface area (Å²) in [6, 6.07) is 15.8. The Labute approximate surface area is 150 Å². The summed E-state index contributed by atoms with van der Waals surface area (Å²) in [5, 5.41) is 2.88. The molecule has 122 valence electrons. The van der Waals surface area contributed by atoms with Gasteiger partial charge in [-0.1, -0.05) is 42.5 Å². The Kier molecular flexibility index (Phi) is 3.62. The van der Waals surface area contributed by atoms with E-state index in [1.807, 2.05) is 0 Å². The van der Waals surface area contributed by atoms with E-state index in [1.54, 1.807) is 5.56 Å². The minimum absolute atomic E-state index is 0. The molecular weight excluding hydrogens is 346 g/mol. The van der Waals surface area contributed by atoms with Crippen molar-refractivity contribution < 1.29 is 21.5 Å². The number of benzene rings is 2. The van der Waals surface area contributed by atoms with Gasteiger partial charge in [0, 0.05) is 30.2 Å². The van der Waals surface area contributed by atoms with Crippen molar-refractivity contribution in [1.82, 2.24) is 0 Å². The molecule has 2 aromatic carbocycles. The Bertz CT molecular complexity index is 716. The minimum atomic E-state index is 0. The van der Waals surface area contributed by atoms with Crippen LogP contribution in [-0.2, 0) is 6.54 Å². The van der Waals surface area contributed by atoms with Crippen LogP contribution < -0.4 is 17.0 Å². The standard InChI is InChI=1S/C21H26N.BrH/c1-21-18-9-10-19(21)12-14-22(21,13-11-18)15-17-7-4-6-16-5-2-3-8-20(16)17;/h2-8,18-19H,9-15H2,1H3;1H/q+1;/p-1/t18-,19+,21?,22?;. The molecule has 0 spiro atoms. The fourth-order valence-electron chi connectivity index (χ4n) is 6.45. The molecule has 2 heteroatoms. The molecular formula is C21H26BrN. The van der Waals surface area contributed by atoms with E-state index in [0.29, 0.717) is 5.54 Å². The molecule has 2 aliphatic heterocycles. The largest absolute Gasteiger partial charge is 1.00 e. The third-order valence-electron chi connectivity index (χ3n) is 7.70. The molecule has 3 aliphatic rings. The van der Waals surface area contributed by atoms with Crippen LogP contribution in [0.3, 0.4) is 0 Å². The molecule has 2 unspecified atom stereocenters. The Hall–Kier alpha value is -0.860. The summed E-state index contributed by atoms with van der Waals surface area (Å²) >= 11 is 0. The Morgan fingerprint density at radius 1 is 0.913 bits per heavy atom. The highest BCUT2D eigenvalue weighted by molar-refractivity contribution is 5.85. The van der Waals surface area contributed by atoms with Crippen LogP contribution in [-0.4, -0.2) is 23.1 Å². The number of hydrogen-bond donors (Lipinski definition) is 0. The minimum Gasteiger partial charge on any atom is -1.00 e. The topological polar surface area (TPSA) is 0 Å². The zero-order chi connectivity index (χ0) is 14.8. The third kappa shape index (κ3) is 1.94. The van der Waals surface area contributed by atoms with Gasteiger partial charge in [-0.2, -0.15) is 0 Å². The number of nitrogens with zero attached hydrogens (tertiary/aromatic N) is 1. The number of hydrogen-bond acceptors (Lipinski definition) is 0. The van der Waals surface area contributed by atoms with Crippen LogP contribution in [0.2, 0.25) is 0 Å². The van der Waals surface area contributed by atoms with Crippen LogP contribution in [0.4, 0.5) is 0 Å². The molecule has 2 heterocycles. The van der Waals surface area contributed by atoms with E-state index in [4.69, 9.17) is 0 Å². The van der Waals surface area contributed by atoms with Crippen molar-refractivity contribution >= 4 is 10.8 Å². The summed E-state index contributed by atoms with van der Waals surface area (Å²) < 4.78 is 1.39. The number of rotatable bonds is 2. The highest BCUT2D eigenvalue weighted by Crippen LogP contribution is 2.60. The smallest absolute Gasteiger partial charge is 0.105 e.